The quantitative estimate of drug-likeness (QED) is 0.573. The number of nitrogens with zero attached hydrogens (tertiary/aromatic N) is 2. The molecule has 8 heteroatoms. The number of amidine groups is 1. The summed E-state index contributed by atoms with van der Waals surface area (Å²) in [6.45, 7) is 9.50. The van der Waals surface area contributed by atoms with Crippen LogP contribution in [0, 0.1) is 0 Å². The standard InChI is InChI=1S/C26H34N4O4/c1-6-10-22(29-24(31)19-11-8-7-9-12-19)30(25(32)34-26(3,4)5)16-18-13-14-21-20(15-18)28-23(27)17(2)33-21/h7-9,11-15,17,22H,6,10,16H2,1-5H3,(H2,27,28)(H,29,31). The molecule has 0 spiro atoms. The molecule has 182 valence electrons. The lowest BCUT2D eigenvalue weighted by atomic mass is 10.1. The molecule has 0 fully saturated rings. The van der Waals surface area contributed by atoms with E-state index in [2.05, 4.69) is 10.3 Å². The van der Waals surface area contributed by atoms with E-state index >= 15 is 0 Å². The molecule has 0 saturated heterocycles. The molecule has 0 aliphatic carbocycles. The number of carbonyl (C=O) groups is 2. The van der Waals surface area contributed by atoms with Gasteiger partial charge >= 0.3 is 6.09 Å². The van der Waals surface area contributed by atoms with Crippen molar-refractivity contribution < 1.29 is 19.1 Å². The molecule has 2 unspecified atom stereocenters. The van der Waals surface area contributed by atoms with Gasteiger partial charge in [0.15, 0.2) is 6.10 Å². The highest BCUT2D eigenvalue weighted by Crippen LogP contribution is 2.33. The zero-order valence-electron chi connectivity index (χ0n) is 20.5. The molecule has 8 nitrogen and oxygen atoms in total. The number of nitrogens with one attached hydrogen (secondary N) is 1. The van der Waals surface area contributed by atoms with E-state index < -0.39 is 17.9 Å². The smallest absolute Gasteiger partial charge is 0.412 e. The van der Waals surface area contributed by atoms with E-state index in [0.29, 0.717) is 29.3 Å². The number of rotatable bonds is 7. The van der Waals surface area contributed by atoms with Crippen LogP contribution in [0.3, 0.4) is 0 Å². The Balaban J connectivity index is 1.90. The Bertz CT molecular complexity index is 1050. The van der Waals surface area contributed by atoms with Crippen molar-refractivity contribution >= 4 is 23.5 Å². The van der Waals surface area contributed by atoms with Crippen LogP contribution in [0.4, 0.5) is 10.5 Å². The zero-order valence-corrected chi connectivity index (χ0v) is 20.5. The van der Waals surface area contributed by atoms with E-state index in [1.807, 2.05) is 58.9 Å². The lowest BCUT2D eigenvalue weighted by Gasteiger charge is -2.34. The minimum Gasteiger partial charge on any atom is -0.481 e. The van der Waals surface area contributed by atoms with Gasteiger partial charge in [0.2, 0.25) is 0 Å². The van der Waals surface area contributed by atoms with Crippen LogP contribution < -0.4 is 15.8 Å². The van der Waals surface area contributed by atoms with Crippen LogP contribution in [0.25, 0.3) is 0 Å². The molecule has 1 aliphatic rings. The topological polar surface area (TPSA) is 106 Å². The number of benzene rings is 2. The molecule has 1 heterocycles. The van der Waals surface area contributed by atoms with E-state index in [9.17, 15) is 9.59 Å². The summed E-state index contributed by atoms with van der Waals surface area (Å²) in [6.07, 6.45) is -0.0401. The Labute approximate surface area is 201 Å². The van der Waals surface area contributed by atoms with Gasteiger partial charge in [0.1, 0.15) is 29.0 Å². The van der Waals surface area contributed by atoms with Gasteiger partial charge in [-0.15, -0.1) is 0 Å². The first-order chi connectivity index (χ1) is 16.1. The van der Waals surface area contributed by atoms with Gasteiger partial charge in [-0.25, -0.2) is 9.79 Å². The molecule has 3 N–H and O–H groups in total. The fraction of sp³-hybridized carbons (Fsp3) is 0.423. The van der Waals surface area contributed by atoms with Crippen molar-refractivity contribution in [1.29, 1.82) is 0 Å². The molecule has 0 bridgehead atoms. The molecule has 2 aromatic rings. The minimum atomic E-state index is -0.686. The molecule has 0 saturated carbocycles. The Morgan fingerprint density at radius 1 is 1.21 bits per heavy atom. The van der Waals surface area contributed by atoms with Gasteiger partial charge < -0.3 is 20.5 Å². The molecule has 2 atom stereocenters. The van der Waals surface area contributed by atoms with Crippen molar-refractivity contribution in [3.8, 4) is 5.75 Å². The van der Waals surface area contributed by atoms with Crippen molar-refractivity contribution in [2.24, 2.45) is 10.7 Å². The Morgan fingerprint density at radius 3 is 2.56 bits per heavy atom. The van der Waals surface area contributed by atoms with Gasteiger partial charge in [0, 0.05) is 5.56 Å². The predicted octanol–water partition coefficient (Wildman–Crippen LogP) is 4.75. The second-order valence-electron chi connectivity index (χ2n) is 9.35. The summed E-state index contributed by atoms with van der Waals surface area (Å²) < 4.78 is 11.5. The number of ether oxygens (including phenoxy) is 2. The van der Waals surface area contributed by atoms with Gasteiger partial charge in [-0.3, -0.25) is 9.69 Å². The Morgan fingerprint density at radius 2 is 1.91 bits per heavy atom. The van der Waals surface area contributed by atoms with Crippen LogP contribution in [-0.4, -0.2) is 40.6 Å². The fourth-order valence-electron chi connectivity index (χ4n) is 3.55. The molecule has 1 aliphatic heterocycles. The van der Waals surface area contributed by atoms with Gasteiger partial charge in [-0.05, 0) is 63.9 Å². The van der Waals surface area contributed by atoms with Gasteiger partial charge in [-0.1, -0.05) is 37.6 Å². The van der Waals surface area contributed by atoms with E-state index in [1.165, 1.54) is 0 Å². The van der Waals surface area contributed by atoms with Crippen LogP contribution in [0.15, 0.2) is 53.5 Å². The first-order valence-electron chi connectivity index (χ1n) is 11.6. The monoisotopic (exact) mass is 466 g/mol. The third-order valence-electron chi connectivity index (χ3n) is 5.25. The summed E-state index contributed by atoms with van der Waals surface area (Å²) in [5.41, 5.74) is 7.22. The summed E-state index contributed by atoms with van der Waals surface area (Å²) in [5, 5.41) is 3.01. The number of aliphatic imine (C=N–C) groups is 1. The maximum atomic E-state index is 13.3. The number of amides is 2. The molecule has 0 aromatic heterocycles. The number of fused-ring (bicyclic) bond motifs is 1. The SMILES string of the molecule is CCCC(NC(=O)c1ccccc1)N(Cc1ccc2c(c1)N=C(N)C(C)O2)C(=O)OC(C)(C)C. The highest BCUT2D eigenvalue weighted by molar-refractivity contribution is 5.94. The Kier molecular flexibility index (Phi) is 7.81. The Hall–Kier alpha value is -3.55. The average Bonchev–Trinajstić information content (AvgIpc) is 2.77. The normalized spacial score (nSPS) is 15.9. The number of hydrogen-bond acceptors (Lipinski definition) is 6. The summed E-state index contributed by atoms with van der Waals surface area (Å²) in [4.78, 5) is 32.2. The van der Waals surface area contributed by atoms with Gasteiger partial charge in [0.05, 0.1) is 6.54 Å². The number of hydrogen-bond donors (Lipinski definition) is 2. The largest absolute Gasteiger partial charge is 0.481 e. The maximum Gasteiger partial charge on any atom is 0.412 e. The lowest BCUT2D eigenvalue weighted by Crippen LogP contribution is -2.51. The third-order valence-corrected chi connectivity index (χ3v) is 5.25. The summed E-state index contributed by atoms with van der Waals surface area (Å²) in [5.74, 6) is 0.780. The number of nitrogens with two attached hydrogens (primary N) is 1. The molecular formula is C26H34N4O4. The van der Waals surface area contributed by atoms with Crippen LogP contribution in [-0.2, 0) is 11.3 Å². The second kappa shape index (κ2) is 10.6. The van der Waals surface area contributed by atoms with Crippen molar-refractivity contribution in [3.05, 3.63) is 59.7 Å². The molecule has 0 radical (unpaired) electrons. The van der Waals surface area contributed by atoms with Crippen molar-refractivity contribution in [1.82, 2.24) is 10.2 Å². The average molecular weight is 467 g/mol. The van der Waals surface area contributed by atoms with Crippen LogP contribution in [0.1, 0.15) is 63.4 Å². The zero-order chi connectivity index (χ0) is 24.9. The van der Waals surface area contributed by atoms with Gasteiger partial charge in [0.25, 0.3) is 5.91 Å². The minimum absolute atomic E-state index is 0.215. The maximum absolute atomic E-state index is 13.3. The van der Waals surface area contributed by atoms with E-state index in [4.69, 9.17) is 15.2 Å². The van der Waals surface area contributed by atoms with Crippen molar-refractivity contribution in [2.75, 3.05) is 0 Å². The predicted molar refractivity (Wildman–Crippen MR) is 132 cm³/mol. The third kappa shape index (κ3) is 6.50. The summed E-state index contributed by atoms with van der Waals surface area (Å²) in [7, 11) is 0. The highest BCUT2D eigenvalue weighted by atomic mass is 16.6. The van der Waals surface area contributed by atoms with Gasteiger partial charge in [-0.2, -0.15) is 0 Å². The second-order valence-corrected chi connectivity index (χ2v) is 9.35. The van der Waals surface area contributed by atoms with Crippen LogP contribution >= 0.6 is 0 Å². The molecule has 2 amide bonds. The first-order valence-corrected chi connectivity index (χ1v) is 11.6. The fourth-order valence-corrected chi connectivity index (χ4v) is 3.55. The lowest BCUT2D eigenvalue weighted by molar-refractivity contribution is 0.00940. The van der Waals surface area contributed by atoms with Crippen molar-refractivity contribution in [3.63, 3.8) is 0 Å². The van der Waals surface area contributed by atoms with E-state index in [1.54, 1.807) is 29.2 Å². The number of carbonyl (C=O) groups excluding carboxylic acids is 2. The highest BCUT2D eigenvalue weighted by Gasteiger charge is 2.30. The molecule has 34 heavy (non-hydrogen) atoms. The summed E-state index contributed by atoms with van der Waals surface area (Å²) in [6, 6.07) is 14.5. The molecule has 2 aromatic carbocycles. The van der Waals surface area contributed by atoms with Crippen molar-refractivity contribution in [2.45, 2.75) is 71.9 Å². The first kappa shape index (κ1) is 25.1. The van der Waals surface area contributed by atoms with Crippen LogP contribution in [0.2, 0.25) is 0 Å². The molecular weight excluding hydrogens is 432 g/mol. The summed E-state index contributed by atoms with van der Waals surface area (Å²) >= 11 is 0. The van der Waals surface area contributed by atoms with Crippen LogP contribution in [0.5, 0.6) is 5.75 Å². The van der Waals surface area contributed by atoms with E-state index in [-0.39, 0.29) is 18.6 Å². The molecule has 3 rings (SSSR count). The van der Waals surface area contributed by atoms with E-state index in [0.717, 1.165) is 12.0 Å².